The molecule has 2 aromatic carbocycles. The Bertz CT molecular complexity index is 889. The lowest BCUT2D eigenvalue weighted by atomic mass is 10.1. The van der Waals surface area contributed by atoms with Gasteiger partial charge in [0.2, 0.25) is 0 Å². The number of halogens is 1. The number of carbonyl (C=O) groups is 1. The third-order valence-electron chi connectivity index (χ3n) is 5.67. The molecule has 4 rings (SSSR count). The van der Waals surface area contributed by atoms with E-state index in [0.717, 1.165) is 25.2 Å². The highest BCUT2D eigenvalue weighted by molar-refractivity contribution is 6.04. The average molecular weight is 428 g/mol. The molecule has 2 atom stereocenters. The van der Waals surface area contributed by atoms with Gasteiger partial charge in [0, 0.05) is 44.0 Å². The van der Waals surface area contributed by atoms with E-state index in [2.05, 4.69) is 24.1 Å². The van der Waals surface area contributed by atoms with Crippen LogP contribution in [-0.4, -0.2) is 62.4 Å². The molecule has 2 unspecified atom stereocenters. The maximum atomic E-state index is 14.6. The number of nitrogens with zero attached hydrogens (tertiary/aromatic N) is 2. The maximum absolute atomic E-state index is 14.6. The Hall–Kier alpha value is -2.48. The predicted molar refractivity (Wildman–Crippen MR) is 119 cm³/mol. The molecule has 0 aromatic heterocycles. The topological polar surface area (TPSA) is 54.0 Å². The van der Waals surface area contributed by atoms with Crippen LogP contribution in [0.25, 0.3) is 0 Å². The zero-order valence-electron chi connectivity index (χ0n) is 18.1. The predicted octanol–water partition coefficient (Wildman–Crippen LogP) is 3.52. The summed E-state index contributed by atoms with van der Waals surface area (Å²) in [6, 6.07) is 12.4. The fraction of sp³-hybridized carbons (Fsp3) is 0.458. The van der Waals surface area contributed by atoms with E-state index < -0.39 is 0 Å². The molecule has 0 aliphatic carbocycles. The summed E-state index contributed by atoms with van der Waals surface area (Å²) in [7, 11) is 0. The van der Waals surface area contributed by atoms with Gasteiger partial charge in [-0.3, -0.25) is 9.69 Å². The molecular weight excluding hydrogens is 397 g/mol. The number of anilines is 2. The van der Waals surface area contributed by atoms with Crippen molar-refractivity contribution >= 4 is 17.3 Å². The molecule has 2 heterocycles. The minimum Gasteiger partial charge on any atom is -0.378 e. The van der Waals surface area contributed by atoms with Crippen LogP contribution >= 0.6 is 0 Å². The van der Waals surface area contributed by atoms with E-state index in [-0.39, 0.29) is 23.9 Å². The lowest BCUT2D eigenvalue weighted by Gasteiger charge is -2.35. The molecule has 0 bridgehead atoms. The SMILES string of the molecule is CC1CN(Cc2ccc(C(=O)Nc3ccc(N4CCOCC4)c(F)c3)cc2)CC(C)O1. The second kappa shape index (κ2) is 9.77. The van der Waals surface area contributed by atoms with E-state index in [0.29, 0.717) is 43.2 Å². The Balaban J connectivity index is 1.35. The molecule has 1 amide bonds. The van der Waals surface area contributed by atoms with E-state index in [9.17, 15) is 9.18 Å². The standard InChI is InChI=1S/C24H30FN3O3/c1-17-14-27(15-18(2)31-17)16-19-3-5-20(6-4-19)24(29)26-21-7-8-23(22(25)13-21)28-9-11-30-12-10-28/h3-8,13,17-18H,9-12,14-16H2,1-2H3,(H,26,29). The van der Waals surface area contributed by atoms with E-state index in [4.69, 9.17) is 9.47 Å². The molecule has 2 aromatic rings. The fourth-order valence-corrected chi connectivity index (χ4v) is 4.28. The van der Waals surface area contributed by atoms with Crippen LogP contribution in [0.1, 0.15) is 29.8 Å². The van der Waals surface area contributed by atoms with Crippen LogP contribution in [0.4, 0.5) is 15.8 Å². The summed E-state index contributed by atoms with van der Waals surface area (Å²) >= 11 is 0. The average Bonchev–Trinajstić information content (AvgIpc) is 2.74. The molecule has 7 heteroatoms. The molecule has 2 saturated heterocycles. The Labute approximate surface area is 182 Å². The molecule has 0 radical (unpaired) electrons. The Morgan fingerprint density at radius 3 is 2.39 bits per heavy atom. The lowest BCUT2D eigenvalue weighted by Crippen LogP contribution is -2.44. The zero-order chi connectivity index (χ0) is 21.8. The monoisotopic (exact) mass is 427 g/mol. The first kappa shape index (κ1) is 21.7. The van der Waals surface area contributed by atoms with Crippen LogP contribution in [0.2, 0.25) is 0 Å². The van der Waals surface area contributed by atoms with Gasteiger partial charge in [0.05, 0.1) is 31.1 Å². The van der Waals surface area contributed by atoms with Gasteiger partial charge in [-0.05, 0) is 49.7 Å². The molecule has 6 nitrogen and oxygen atoms in total. The van der Waals surface area contributed by atoms with Crippen LogP contribution in [0.3, 0.4) is 0 Å². The summed E-state index contributed by atoms with van der Waals surface area (Å²) in [6.45, 7) is 9.33. The molecule has 2 aliphatic rings. The zero-order valence-corrected chi connectivity index (χ0v) is 18.1. The number of carbonyl (C=O) groups excluding carboxylic acids is 1. The second-order valence-corrected chi connectivity index (χ2v) is 8.37. The van der Waals surface area contributed by atoms with Crippen molar-refractivity contribution in [1.82, 2.24) is 4.90 Å². The van der Waals surface area contributed by atoms with Gasteiger partial charge < -0.3 is 19.7 Å². The highest BCUT2D eigenvalue weighted by Crippen LogP contribution is 2.24. The van der Waals surface area contributed by atoms with Gasteiger partial charge >= 0.3 is 0 Å². The molecule has 31 heavy (non-hydrogen) atoms. The van der Waals surface area contributed by atoms with Crippen LogP contribution in [0, 0.1) is 5.82 Å². The minimum absolute atomic E-state index is 0.226. The quantitative estimate of drug-likeness (QED) is 0.791. The van der Waals surface area contributed by atoms with Crippen molar-refractivity contribution in [3.05, 3.63) is 59.4 Å². The van der Waals surface area contributed by atoms with E-state index >= 15 is 0 Å². The van der Waals surface area contributed by atoms with Gasteiger partial charge in [-0.1, -0.05) is 12.1 Å². The van der Waals surface area contributed by atoms with Crippen molar-refractivity contribution in [2.75, 3.05) is 49.6 Å². The molecule has 2 aliphatic heterocycles. The largest absolute Gasteiger partial charge is 0.378 e. The maximum Gasteiger partial charge on any atom is 0.255 e. The smallest absolute Gasteiger partial charge is 0.255 e. The molecule has 2 fully saturated rings. The number of benzene rings is 2. The number of morpholine rings is 2. The minimum atomic E-state index is -0.344. The van der Waals surface area contributed by atoms with Gasteiger partial charge in [-0.2, -0.15) is 0 Å². The summed E-state index contributed by atoms with van der Waals surface area (Å²) in [5.41, 5.74) is 2.68. The number of rotatable bonds is 5. The third-order valence-corrected chi connectivity index (χ3v) is 5.67. The second-order valence-electron chi connectivity index (χ2n) is 8.37. The summed E-state index contributed by atoms with van der Waals surface area (Å²) < 4.78 is 25.7. The third kappa shape index (κ3) is 5.61. The van der Waals surface area contributed by atoms with Crippen molar-refractivity contribution in [2.45, 2.75) is 32.6 Å². The number of amides is 1. The van der Waals surface area contributed by atoms with Crippen LogP contribution in [-0.2, 0) is 16.0 Å². The molecule has 0 spiro atoms. The Morgan fingerprint density at radius 2 is 1.74 bits per heavy atom. The Kier molecular flexibility index (Phi) is 6.85. The van der Waals surface area contributed by atoms with E-state index in [1.54, 1.807) is 12.1 Å². The normalized spacial score (nSPS) is 22.4. The van der Waals surface area contributed by atoms with E-state index in [1.165, 1.54) is 6.07 Å². The summed E-state index contributed by atoms with van der Waals surface area (Å²) in [5, 5.41) is 2.79. The molecule has 1 N–H and O–H groups in total. The van der Waals surface area contributed by atoms with Crippen molar-refractivity contribution in [2.24, 2.45) is 0 Å². The first-order chi connectivity index (χ1) is 15.0. The summed E-state index contributed by atoms with van der Waals surface area (Å²) in [5.74, 6) is -0.595. The summed E-state index contributed by atoms with van der Waals surface area (Å²) in [6.07, 6.45) is 0.452. The first-order valence-electron chi connectivity index (χ1n) is 10.9. The van der Waals surface area contributed by atoms with Gasteiger partial charge in [-0.15, -0.1) is 0 Å². The highest BCUT2D eigenvalue weighted by atomic mass is 19.1. The number of nitrogens with one attached hydrogen (secondary N) is 1. The van der Waals surface area contributed by atoms with Crippen molar-refractivity contribution in [1.29, 1.82) is 0 Å². The van der Waals surface area contributed by atoms with Crippen LogP contribution < -0.4 is 10.2 Å². The fourth-order valence-electron chi connectivity index (χ4n) is 4.28. The van der Waals surface area contributed by atoms with E-state index in [1.807, 2.05) is 29.2 Å². The van der Waals surface area contributed by atoms with Crippen LogP contribution in [0.5, 0.6) is 0 Å². The van der Waals surface area contributed by atoms with Crippen molar-refractivity contribution in [3.8, 4) is 0 Å². The summed E-state index contributed by atoms with van der Waals surface area (Å²) in [4.78, 5) is 16.9. The molecular formula is C24H30FN3O3. The van der Waals surface area contributed by atoms with Gasteiger partial charge in [-0.25, -0.2) is 4.39 Å². The lowest BCUT2D eigenvalue weighted by molar-refractivity contribution is -0.0704. The van der Waals surface area contributed by atoms with Gasteiger partial charge in [0.25, 0.3) is 5.91 Å². The number of hydrogen-bond donors (Lipinski definition) is 1. The first-order valence-corrected chi connectivity index (χ1v) is 10.9. The molecule has 0 saturated carbocycles. The van der Waals surface area contributed by atoms with Gasteiger partial charge in [0.1, 0.15) is 5.82 Å². The highest BCUT2D eigenvalue weighted by Gasteiger charge is 2.22. The van der Waals surface area contributed by atoms with Crippen LogP contribution in [0.15, 0.2) is 42.5 Å². The van der Waals surface area contributed by atoms with Crippen molar-refractivity contribution < 1.29 is 18.7 Å². The van der Waals surface area contributed by atoms with Gasteiger partial charge in [0.15, 0.2) is 0 Å². The Morgan fingerprint density at radius 1 is 1.06 bits per heavy atom. The molecule has 166 valence electrons. The number of ether oxygens (including phenoxy) is 2. The van der Waals surface area contributed by atoms with Crippen molar-refractivity contribution in [3.63, 3.8) is 0 Å². The number of hydrogen-bond acceptors (Lipinski definition) is 5.